The SMILES string of the molecule is CNCCC#Cc1ccc(CCCO)cc1. The Morgan fingerprint density at radius 1 is 1.25 bits per heavy atom. The van der Waals surface area contributed by atoms with E-state index in [1.54, 1.807) is 0 Å². The van der Waals surface area contributed by atoms with E-state index in [-0.39, 0.29) is 6.61 Å². The molecule has 0 aliphatic heterocycles. The summed E-state index contributed by atoms with van der Waals surface area (Å²) in [6, 6.07) is 8.24. The third kappa shape index (κ3) is 4.97. The van der Waals surface area contributed by atoms with E-state index in [0.29, 0.717) is 0 Å². The van der Waals surface area contributed by atoms with E-state index in [2.05, 4.69) is 29.3 Å². The maximum absolute atomic E-state index is 8.72. The number of aryl methyl sites for hydroxylation is 1. The average molecular weight is 217 g/mol. The van der Waals surface area contributed by atoms with Crippen LogP contribution in [0.5, 0.6) is 0 Å². The number of nitrogens with one attached hydrogen (secondary N) is 1. The minimum atomic E-state index is 0.256. The van der Waals surface area contributed by atoms with Crippen LogP contribution >= 0.6 is 0 Å². The summed E-state index contributed by atoms with van der Waals surface area (Å²) in [5, 5.41) is 11.8. The van der Waals surface area contributed by atoms with E-state index in [1.807, 2.05) is 19.2 Å². The minimum Gasteiger partial charge on any atom is -0.396 e. The summed E-state index contributed by atoms with van der Waals surface area (Å²) < 4.78 is 0. The molecule has 0 unspecified atom stereocenters. The fourth-order valence-corrected chi connectivity index (χ4v) is 1.39. The Bertz CT molecular complexity index is 345. The molecule has 1 rings (SSSR count). The molecule has 0 amide bonds. The van der Waals surface area contributed by atoms with Crippen LogP contribution in [0.2, 0.25) is 0 Å². The van der Waals surface area contributed by atoms with Crippen LogP contribution in [0.4, 0.5) is 0 Å². The van der Waals surface area contributed by atoms with Gasteiger partial charge in [0.15, 0.2) is 0 Å². The molecule has 0 aromatic heterocycles. The third-order valence-electron chi connectivity index (χ3n) is 2.31. The first-order chi connectivity index (χ1) is 7.86. The van der Waals surface area contributed by atoms with Crippen molar-refractivity contribution < 1.29 is 5.11 Å². The Morgan fingerprint density at radius 3 is 2.62 bits per heavy atom. The van der Waals surface area contributed by atoms with Crippen LogP contribution in [0.3, 0.4) is 0 Å². The molecule has 0 atom stereocenters. The summed E-state index contributed by atoms with van der Waals surface area (Å²) in [4.78, 5) is 0. The van der Waals surface area contributed by atoms with Crippen LogP contribution in [-0.2, 0) is 6.42 Å². The molecule has 86 valence electrons. The van der Waals surface area contributed by atoms with E-state index in [0.717, 1.165) is 31.4 Å². The monoisotopic (exact) mass is 217 g/mol. The predicted molar refractivity (Wildman–Crippen MR) is 67.3 cm³/mol. The smallest absolute Gasteiger partial charge is 0.0434 e. The number of hydrogen-bond donors (Lipinski definition) is 2. The second-order valence-corrected chi connectivity index (χ2v) is 3.68. The molecular formula is C14H19NO. The van der Waals surface area contributed by atoms with E-state index in [4.69, 9.17) is 5.11 Å². The van der Waals surface area contributed by atoms with Gasteiger partial charge in [-0.1, -0.05) is 24.0 Å². The van der Waals surface area contributed by atoms with Crippen LogP contribution in [-0.4, -0.2) is 25.3 Å². The highest BCUT2D eigenvalue weighted by atomic mass is 16.2. The molecular weight excluding hydrogens is 198 g/mol. The first kappa shape index (κ1) is 12.8. The topological polar surface area (TPSA) is 32.3 Å². The first-order valence-corrected chi connectivity index (χ1v) is 5.70. The zero-order valence-electron chi connectivity index (χ0n) is 9.79. The van der Waals surface area contributed by atoms with Crippen molar-refractivity contribution in [2.75, 3.05) is 20.2 Å². The third-order valence-corrected chi connectivity index (χ3v) is 2.31. The molecule has 16 heavy (non-hydrogen) atoms. The van der Waals surface area contributed by atoms with Crippen LogP contribution in [0.15, 0.2) is 24.3 Å². The summed E-state index contributed by atoms with van der Waals surface area (Å²) in [5.41, 5.74) is 2.32. The van der Waals surface area contributed by atoms with Crippen molar-refractivity contribution in [2.45, 2.75) is 19.3 Å². The first-order valence-electron chi connectivity index (χ1n) is 5.70. The van der Waals surface area contributed by atoms with Crippen LogP contribution < -0.4 is 5.32 Å². The van der Waals surface area contributed by atoms with E-state index >= 15 is 0 Å². The number of benzene rings is 1. The summed E-state index contributed by atoms with van der Waals surface area (Å²) in [7, 11) is 1.93. The summed E-state index contributed by atoms with van der Waals surface area (Å²) in [6.45, 7) is 1.19. The lowest BCUT2D eigenvalue weighted by molar-refractivity contribution is 0.288. The molecule has 0 aliphatic carbocycles. The number of rotatable bonds is 5. The van der Waals surface area contributed by atoms with Gasteiger partial charge in [0.05, 0.1) is 0 Å². The van der Waals surface area contributed by atoms with Gasteiger partial charge < -0.3 is 10.4 Å². The van der Waals surface area contributed by atoms with E-state index < -0.39 is 0 Å². The van der Waals surface area contributed by atoms with Gasteiger partial charge in [0.25, 0.3) is 0 Å². The summed E-state index contributed by atoms with van der Waals surface area (Å²) in [5.74, 6) is 6.24. The molecule has 1 aromatic rings. The van der Waals surface area contributed by atoms with Crippen molar-refractivity contribution in [3.05, 3.63) is 35.4 Å². The lowest BCUT2D eigenvalue weighted by Crippen LogP contribution is -2.05. The normalized spacial score (nSPS) is 9.62. The van der Waals surface area contributed by atoms with E-state index in [9.17, 15) is 0 Å². The maximum Gasteiger partial charge on any atom is 0.0434 e. The molecule has 0 fully saturated rings. The van der Waals surface area contributed by atoms with Gasteiger partial charge in [-0.2, -0.15) is 0 Å². The molecule has 0 radical (unpaired) electrons. The van der Waals surface area contributed by atoms with Crippen LogP contribution in [0.1, 0.15) is 24.0 Å². The average Bonchev–Trinajstić information content (AvgIpc) is 2.33. The van der Waals surface area contributed by atoms with E-state index in [1.165, 1.54) is 5.56 Å². The molecule has 0 saturated heterocycles. The largest absolute Gasteiger partial charge is 0.396 e. The second kappa shape index (κ2) is 7.92. The second-order valence-electron chi connectivity index (χ2n) is 3.68. The Hall–Kier alpha value is -1.30. The van der Waals surface area contributed by atoms with Gasteiger partial charge in [-0.15, -0.1) is 0 Å². The number of aliphatic hydroxyl groups is 1. The molecule has 2 N–H and O–H groups in total. The Labute approximate surface area is 97.7 Å². The molecule has 1 aromatic carbocycles. The fraction of sp³-hybridized carbons (Fsp3) is 0.429. The fourth-order valence-electron chi connectivity index (χ4n) is 1.39. The molecule has 2 nitrogen and oxygen atoms in total. The highest BCUT2D eigenvalue weighted by Gasteiger charge is 1.92. The zero-order valence-corrected chi connectivity index (χ0v) is 9.79. The van der Waals surface area contributed by atoms with Crippen LogP contribution in [0, 0.1) is 11.8 Å². The lowest BCUT2D eigenvalue weighted by Gasteiger charge is -1.98. The Balaban J connectivity index is 2.46. The molecule has 0 saturated carbocycles. The van der Waals surface area contributed by atoms with Crippen molar-refractivity contribution in [3.8, 4) is 11.8 Å². The summed E-state index contributed by atoms with van der Waals surface area (Å²) in [6.07, 6.45) is 2.64. The molecule has 2 heteroatoms. The predicted octanol–water partition coefficient (Wildman–Crippen LogP) is 1.57. The van der Waals surface area contributed by atoms with Crippen molar-refractivity contribution in [1.82, 2.24) is 5.32 Å². The van der Waals surface area contributed by atoms with Gasteiger partial charge in [-0.3, -0.25) is 0 Å². The number of aliphatic hydroxyl groups excluding tert-OH is 1. The van der Waals surface area contributed by atoms with Crippen molar-refractivity contribution in [1.29, 1.82) is 0 Å². The highest BCUT2D eigenvalue weighted by Crippen LogP contribution is 2.05. The number of hydrogen-bond acceptors (Lipinski definition) is 2. The molecule has 0 spiro atoms. The molecule has 0 aliphatic rings. The van der Waals surface area contributed by atoms with Gasteiger partial charge in [0, 0.05) is 25.1 Å². The molecule has 0 bridgehead atoms. The maximum atomic E-state index is 8.72. The van der Waals surface area contributed by atoms with Crippen molar-refractivity contribution in [3.63, 3.8) is 0 Å². The lowest BCUT2D eigenvalue weighted by atomic mass is 10.1. The highest BCUT2D eigenvalue weighted by molar-refractivity contribution is 5.36. The van der Waals surface area contributed by atoms with Crippen molar-refractivity contribution in [2.24, 2.45) is 0 Å². The van der Waals surface area contributed by atoms with Crippen LogP contribution in [0.25, 0.3) is 0 Å². The van der Waals surface area contributed by atoms with Gasteiger partial charge >= 0.3 is 0 Å². The van der Waals surface area contributed by atoms with Gasteiger partial charge in [0.1, 0.15) is 0 Å². The quantitative estimate of drug-likeness (QED) is 0.579. The zero-order chi connectivity index (χ0) is 11.6. The molecule has 0 heterocycles. The van der Waals surface area contributed by atoms with Crippen molar-refractivity contribution >= 4 is 0 Å². The standard InChI is InChI=1S/C14H19NO/c1-15-11-3-2-5-13-7-9-14(10-8-13)6-4-12-16/h7-10,15-16H,3-4,6,11-12H2,1H3. The minimum absolute atomic E-state index is 0.256. The Morgan fingerprint density at radius 2 is 2.00 bits per heavy atom. The van der Waals surface area contributed by atoms with Gasteiger partial charge in [-0.25, -0.2) is 0 Å². The van der Waals surface area contributed by atoms with Gasteiger partial charge in [0.2, 0.25) is 0 Å². The summed E-state index contributed by atoms with van der Waals surface area (Å²) >= 11 is 0. The Kier molecular flexibility index (Phi) is 6.32. The van der Waals surface area contributed by atoms with Gasteiger partial charge in [-0.05, 0) is 37.6 Å².